The highest BCUT2D eigenvalue weighted by molar-refractivity contribution is 9.10. The highest BCUT2D eigenvalue weighted by Gasteiger charge is 2.05. The third-order valence-corrected chi connectivity index (χ3v) is 3.61. The summed E-state index contributed by atoms with van der Waals surface area (Å²) in [5.41, 5.74) is 2.93. The van der Waals surface area contributed by atoms with Gasteiger partial charge in [0, 0.05) is 15.6 Å². The molecule has 0 bridgehead atoms. The van der Waals surface area contributed by atoms with Gasteiger partial charge in [-0.05, 0) is 39.7 Å². The Bertz CT molecular complexity index is 550. The van der Waals surface area contributed by atoms with E-state index < -0.39 is 0 Å². The quantitative estimate of drug-likeness (QED) is 0.665. The van der Waals surface area contributed by atoms with Gasteiger partial charge in [0.25, 0.3) is 0 Å². The molecule has 0 amide bonds. The van der Waals surface area contributed by atoms with Crippen LogP contribution >= 0.6 is 27.5 Å². The molecule has 0 radical (unpaired) electrons. The third-order valence-electron chi connectivity index (χ3n) is 2.31. The Kier molecular flexibility index (Phi) is 3.33. The van der Waals surface area contributed by atoms with Gasteiger partial charge in [-0.25, -0.2) is 0 Å². The fourth-order valence-corrected chi connectivity index (χ4v) is 2.07. The van der Waals surface area contributed by atoms with Crippen LogP contribution in [0.15, 0.2) is 46.9 Å². The molecule has 0 unspecified atom stereocenters. The standard InChI is InChI=1S/C14H8BrCl/c1-2-10-6-8-11(9-7-10)12-4-3-5-13(15)14(12)16/h1,3-9H. The molecule has 0 aliphatic heterocycles. The first-order valence-corrected chi connectivity index (χ1v) is 5.90. The summed E-state index contributed by atoms with van der Waals surface area (Å²) in [6.45, 7) is 0. The summed E-state index contributed by atoms with van der Waals surface area (Å²) in [5.74, 6) is 2.59. The number of hydrogen-bond donors (Lipinski definition) is 0. The van der Waals surface area contributed by atoms with Crippen molar-refractivity contribution in [3.05, 3.63) is 57.5 Å². The molecule has 0 aromatic heterocycles. The predicted molar refractivity (Wildman–Crippen MR) is 72.5 cm³/mol. The van der Waals surface area contributed by atoms with E-state index in [0.29, 0.717) is 0 Å². The number of terminal acetylenes is 1. The Balaban J connectivity index is 2.51. The molecule has 0 saturated carbocycles. The zero-order chi connectivity index (χ0) is 11.5. The maximum Gasteiger partial charge on any atom is 0.0626 e. The van der Waals surface area contributed by atoms with Gasteiger partial charge in [-0.2, -0.15) is 0 Å². The molecule has 0 heterocycles. The molecule has 0 saturated heterocycles. The Morgan fingerprint density at radius 3 is 2.38 bits per heavy atom. The van der Waals surface area contributed by atoms with E-state index >= 15 is 0 Å². The highest BCUT2D eigenvalue weighted by atomic mass is 79.9. The van der Waals surface area contributed by atoms with E-state index in [9.17, 15) is 0 Å². The summed E-state index contributed by atoms with van der Waals surface area (Å²) < 4.78 is 0.896. The SMILES string of the molecule is C#Cc1ccc(-c2cccc(Br)c2Cl)cc1. The molecule has 0 nitrogen and oxygen atoms in total. The van der Waals surface area contributed by atoms with E-state index in [2.05, 4.69) is 21.9 Å². The lowest BCUT2D eigenvalue weighted by Gasteiger charge is -2.06. The van der Waals surface area contributed by atoms with Crippen LogP contribution in [0.4, 0.5) is 0 Å². The first kappa shape index (κ1) is 11.3. The molecule has 2 heteroatoms. The Morgan fingerprint density at radius 1 is 1.06 bits per heavy atom. The maximum atomic E-state index is 6.21. The zero-order valence-electron chi connectivity index (χ0n) is 8.37. The molecule has 0 fully saturated rings. The fraction of sp³-hybridized carbons (Fsp3) is 0. The van der Waals surface area contributed by atoms with Gasteiger partial charge in [0.15, 0.2) is 0 Å². The van der Waals surface area contributed by atoms with Crippen molar-refractivity contribution in [3.63, 3.8) is 0 Å². The van der Waals surface area contributed by atoms with Gasteiger partial charge in [-0.1, -0.05) is 41.8 Å². The molecule has 0 aliphatic carbocycles. The summed E-state index contributed by atoms with van der Waals surface area (Å²) in [5, 5.41) is 0.718. The largest absolute Gasteiger partial charge is 0.115 e. The average molecular weight is 292 g/mol. The van der Waals surface area contributed by atoms with Gasteiger partial charge in [-0.15, -0.1) is 6.42 Å². The van der Waals surface area contributed by atoms with Crippen LogP contribution in [-0.2, 0) is 0 Å². The molecule has 16 heavy (non-hydrogen) atoms. The summed E-state index contributed by atoms with van der Waals surface area (Å²) >= 11 is 9.62. The van der Waals surface area contributed by atoms with Crippen molar-refractivity contribution < 1.29 is 0 Å². The molecule has 2 aromatic carbocycles. The van der Waals surface area contributed by atoms with Crippen molar-refractivity contribution in [2.75, 3.05) is 0 Å². The number of benzene rings is 2. The third kappa shape index (κ3) is 2.14. The molecule has 78 valence electrons. The van der Waals surface area contributed by atoms with E-state index in [1.54, 1.807) is 0 Å². The van der Waals surface area contributed by atoms with Crippen molar-refractivity contribution >= 4 is 27.5 Å². The zero-order valence-corrected chi connectivity index (χ0v) is 10.7. The van der Waals surface area contributed by atoms with Gasteiger partial charge in [0.1, 0.15) is 0 Å². The van der Waals surface area contributed by atoms with Crippen LogP contribution in [0.2, 0.25) is 5.02 Å². The minimum Gasteiger partial charge on any atom is -0.115 e. The second-order valence-corrected chi connectivity index (χ2v) is 4.56. The van der Waals surface area contributed by atoms with Crippen molar-refractivity contribution in [3.8, 4) is 23.5 Å². The van der Waals surface area contributed by atoms with Crippen LogP contribution in [0.3, 0.4) is 0 Å². The second-order valence-electron chi connectivity index (χ2n) is 3.32. The van der Waals surface area contributed by atoms with Gasteiger partial charge in [0.2, 0.25) is 0 Å². The van der Waals surface area contributed by atoms with Gasteiger partial charge in [-0.3, -0.25) is 0 Å². The first-order chi connectivity index (χ1) is 7.72. The molecule has 2 rings (SSSR count). The summed E-state index contributed by atoms with van der Waals surface area (Å²) in [6, 6.07) is 13.6. The molecular weight excluding hydrogens is 284 g/mol. The lowest BCUT2D eigenvalue weighted by molar-refractivity contribution is 1.57. The number of halogens is 2. The van der Waals surface area contributed by atoms with E-state index in [-0.39, 0.29) is 0 Å². The Morgan fingerprint density at radius 2 is 1.75 bits per heavy atom. The average Bonchev–Trinajstić information content (AvgIpc) is 2.33. The second kappa shape index (κ2) is 4.74. The maximum absolute atomic E-state index is 6.21. The lowest BCUT2D eigenvalue weighted by Crippen LogP contribution is -1.81. The van der Waals surface area contributed by atoms with Crippen molar-refractivity contribution in [1.29, 1.82) is 0 Å². The van der Waals surface area contributed by atoms with Crippen molar-refractivity contribution in [2.24, 2.45) is 0 Å². The molecule has 0 aliphatic rings. The van der Waals surface area contributed by atoms with Gasteiger partial charge >= 0.3 is 0 Å². The van der Waals surface area contributed by atoms with Crippen LogP contribution in [0, 0.1) is 12.3 Å². The number of rotatable bonds is 1. The number of hydrogen-bond acceptors (Lipinski definition) is 0. The minimum atomic E-state index is 0.718. The van der Waals surface area contributed by atoms with E-state index in [0.717, 1.165) is 26.2 Å². The molecule has 0 spiro atoms. The normalized spacial score (nSPS) is 9.81. The topological polar surface area (TPSA) is 0 Å². The highest BCUT2D eigenvalue weighted by Crippen LogP contribution is 2.33. The van der Waals surface area contributed by atoms with Crippen LogP contribution in [-0.4, -0.2) is 0 Å². The van der Waals surface area contributed by atoms with Crippen molar-refractivity contribution in [1.82, 2.24) is 0 Å². The van der Waals surface area contributed by atoms with Gasteiger partial charge in [0.05, 0.1) is 5.02 Å². The van der Waals surface area contributed by atoms with Gasteiger partial charge < -0.3 is 0 Å². The molecule has 0 atom stereocenters. The Hall–Kier alpha value is -1.23. The summed E-state index contributed by atoms with van der Waals surface area (Å²) in [4.78, 5) is 0. The van der Waals surface area contributed by atoms with Crippen LogP contribution in [0.25, 0.3) is 11.1 Å². The first-order valence-electron chi connectivity index (χ1n) is 4.73. The van der Waals surface area contributed by atoms with Crippen LogP contribution < -0.4 is 0 Å². The van der Waals surface area contributed by atoms with E-state index in [1.165, 1.54) is 0 Å². The fourth-order valence-electron chi connectivity index (χ4n) is 1.47. The molecular formula is C14H8BrCl. The predicted octanol–water partition coefficient (Wildman–Crippen LogP) is 4.75. The van der Waals surface area contributed by atoms with Crippen LogP contribution in [0.5, 0.6) is 0 Å². The lowest BCUT2D eigenvalue weighted by atomic mass is 10.0. The smallest absolute Gasteiger partial charge is 0.0626 e. The van der Waals surface area contributed by atoms with Crippen LogP contribution in [0.1, 0.15) is 5.56 Å². The summed E-state index contributed by atoms with van der Waals surface area (Å²) in [7, 11) is 0. The van der Waals surface area contributed by atoms with E-state index in [4.69, 9.17) is 18.0 Å². The monoisotopic (exact) mass is 290 g/mol. The molecule has 0 N–H and O–H groups in total. The minimum absolute atomic E-state index is 0.718. The summed E-state index contributed by atoms with van der Waals surface area (Å²) in [6.07, 6.45) is 5.31. The van der Waals surface area contributed by atoms with Crippen molar-refractivity contribution in [2.45, 2.75) is 0 Å². The Labute approximate surface area is 108 Å². The molecule has 2 aromatic rings. The van der Waals surface area contributed by atoms with E-state index in [1.807, 2.05) is 42.5 Å².